The van der Waals surface area contributed by atoms with Crippen molar-refractivity contribution in [1.82, 2.24) is 14.8 Å². The molecular formula is C9H8BrFN4. The number of hydrogen-bond donors (Lipinski definition) is 1. The number of anilines is 1. The molecule has 0 spiro atoms. The maximum Gasteiger partial charge on any atom is 0.239 e. The van der Waals surface area contributed by atoms with Crippen molar-refractivity contribution in [2.45, 2.75) is 6.54 Å². The highest BCUT2D eigenvalue weighted by molar-refractivity contribution is 9.10. The number of hydrogen-bond acceptors (Lipinski definition) is 3. The van der Waals surface area contributed by atoms with E-state index in [2.05, 4.69) is 26.0 Å². The minimum Gasteiger partial charge on any atom is -0.367 e. The fourth-order valence-electron chi connectivity index (χ4n) is 1.27. The van der Waals surface area contributed by atoms with Gasteiger partial charge in [0.05, 0.1) is 6.54 Å². The quantitative estimate of drug-likeness (QED) is 0.906. The minimum absolute atomic E-state index is 0.213. The molecule has 4 nitrogen and oxygen atoms in total. The highest BCUT2D eigenvalue weighted by atomic mass is 79.9. The van der Waals surface area contributed by atoms with E-state index in [-0.39, 0.29) is 11.8 Å². The second-order valence-corrected chi connectivity index (χ2v) is 3.99. The number of nitrogens with two attached hydrogens (primary N) is 1. The Bertz CT molecular complexity index is 462. The maximum absolute atomic E-state index is 13.0. The first-order valence-corrected chi connectivity index (χ1v) is 5.03. The van der Waals surface area contributed by atoms with Crippen molar-refractivity contribution in [3.8, 4) is 0 Å². The lowest BCUT2D eigenvalue weighted by molar-refractivity contribution is 0.618. The van der Waals surface area contributed by atoms with Gasteiger partial charge >= 0.3 is 0 Å². The summed E-state index contributed by atoms with van der Waals surface area (Å²) in [5, 5.41) is 3.91. The van der Waals surface area contributed by atoms with Gasteiger partial charge < -0.3 is 5.73 Å². The van der Waals surface area contributed by atoms with Crippen LogP contribution in [0, 0.1) is 5.82 Å². The van der Waals surface area contributed by atoms with Crippen LogP contribution in [0.25, 0.3) is 0 Å². The van der Waals surface area contributed by atoms with Gasteiger partial charge in [0.15, 0.2) is 0 Å². The molecule has 0 aliphatic heterocycles. The van der Waals surface area contributed by atoms with Gasteiger partial charge in [0.25, 0.3) is 0 Å². The predicted octanol–water partition coefficient (Wildman–Crippen LogP) is 1.81. The zero-order valence-electron chi connectivity index (χ0n) is 7.69. The van der Waals surface area contributed by atoms with Crippen LogP contribution in [-0.2, 0) is 6.54 Å². The molecule has 2 N–H and O–H groups in total. The van der Waals surface area contributed by atoms with Gasteiger partial charge in [0, 0.05) is 4.47 Å². The Hall–Kier alpha value is -1.43. The molecule has 1 aromatic carbocycles. The fourth-order valence-corrected chi connectivity index (χ4v) is 1.79. The lowest BCUT2D eigenvalue weighted by Crippen LogP contribution is -2.01. The van der Waals surface area contributed by atoms with E-state index in [4.69, 9.17) is 5.73 Å². The zero-order chi connectivity index (χ0) is 10.8. The summed E-state index contributed by atoms with van der Waals surface area (Å²) in [5.74, 6) is -0.0714. The van der Waals surface area contributed by atoms with Gasteiger partial charge in [-0.3, -0.25) is 0 Å². The summed E-state index contributed by atoms with van der Waals surface area (Å²) in [6.07, 6.45) is 1.51. The van der Waals surface area contributed by atoms with E-state index < -0.39 is 0 Å². The van der Waals surface area contributed by atoms with Gasteiger partial charge in [-0.15, -0.1) is 5.10 Å². The molecule has 0 amide bonds. The van der Waals surface area contributed by atoms with E-state index in [1.54, 1.807) is 4.68 Å². The molecule has 6 heteroatoms. The van der Waals surface area contributed by atoms with Crippen LogP contribution in [0.3, 0.4) is 0 Å². The first kappa shape index (κ1) is 10.1. The summed E-state index contributed by atoms with van der Waals surface area (Å²) in [6, 6.07) is 4.67. The van der Waals surface area contributed by atoms with Crippen LogP contribution < -0.4 is 5.73 Å². The summed E-state index contributed by atoms with van der Waals surface area (Å²) in [7, 11) is 0. The molecule has 2 rings (SSSR count). The Labute approximate surface area is 94.1 Å². The standard InChI is InChI=1S/C9H8BrFN4/c10-7-1-6(2-8(11)3-7)4-15-5-13-9(12)14-15/h1-3,5H,4H2,(H2,12,14). The third-order valence-electron chi connectivity index (χ3n) is 1.82. The van der Waals surface area contributed by atoms with Crippen molar-refractivity contribution < 1.29 is 4.39 Å². The zero-order valence-corrected chi connectivity index (χ0v) is 9.28. The summed E-state index contributed by atoms with van der Waals surface area (Å²) >= 11 is 3.22. The van der Waals surface area contributed by atoms with Crippen LogP contribution in [0.2, 0.25) is 0 Å². The molecule has 0 atom stereocenters. The third-order valence-corrected chi connectivity index (χ3v) is 2.28. The van der Waals surface area contributed by atoms with Gasteiger partial charge in [-0.25, -0.2) is 14.1 Å². The first-order valence-electron chi connectivity index (χ1n) is 4.23. The summed E-state index contributed by atoms with van der Waals surface area (Å²) < 4.78 is 15.3. The molecule has 0 saturated carbocycles. The molecule has 0 bridgehead atoms. The predicted molar refractivity (Wildman–Crippen MR) is 57.6 cm³/mol. The van der Waals surface area contributed by atoms with Crippen molar-refractivity contribution >= 4 is 21.9 Å². The van der Waals surface area contributed by atoms with Gasteiger partial charge in [-0.2, -0.15) is 0 Å². The molecule has 1 aromatic heterocycles. The van der Waals surface area contributed by atoms with Crippen LogP contribution >= 0.6 is 15.9 Å². The molecule has 15 heavy (non-hydrogen) atoms. The normalized spacial score (nSPS) is 10.5. The smallest absolute Gasteiger partial charge is 0.239 e. The van der Waals surface area contributed by atoms with Crippen molar-refractivity contribution in [1.29, 1.82) is 0 Å². The van der Waals surface area contributed by atoms with Gasteiger partial charge in [0.2, 0.25) is 5.95 Å². The Balaban J connectivity index is 2.24. The first-order chi connectivity index (χ1) is 7.13. The largest absolute Gasteiger partial charge is 0.367 e. The number of nitrogen functional groups attached to an aromatic ring is 1. The third kappa shape index (κ3) is 2.53. The number of benzene rings is 1. The highest BCUT2D eigenvalue weighted by Gasteiger charge is 2.01. The molecule has 1 heterocycles. The molecule has 0 unspecified atom stereocenters. The highest BCUT2D eigenvalue weighted by Crippen LogP contribution is 2.15. The van der Waals surface area contributed by atoms with Crippen LogP contribution in [-0.4, -0.2) is 14.8 Å². The maximum atomic E-state index is 13.0. The Morgan fingerprint density at radius 2 is 2.20 bits per heavy atom. The molecular weight excluding hydrogens is 263 g/mol. The Morgan fingerprint density at radius 1 is 1.40 bits per heavy atom. The summed E-state index contributed by atoms with van der Waals surface area (Å²) in [5.41, 5.74) is 6.16. The summed E-state index contributed by atoms with van der Waals surface area (Å²) in [6.45, 7) is 0.445. The van der Waals surface area contributed by atoms with Crippen LogP contribution in [0.15, 0.2) is 29.0 Å². The fraction of sp³-hybridized carbons (Fsp3) is 0.111. The molecule has 2 aromatic rings. The lowest BCUT2D eigenvalue weighted by Gasteiger charge is -2.02. The minimum atomic E-state index is -0.285. The monoisotopic (exact) mass is 270 g/mol. The second kappa shape index (κ2) is 3.98. The van der Waals surface area contributed by atoms with Crippen molar-refractivity contribution in [3.63, 3.8) is 0 Å². The second-order valence-electron chi connectivity index (χ2n) is 3.08. The van der Waals surface area contributed by atoms with Gasteiger partial charge in [0.1, 0.15) is 12.1 Å². The van der Waals surface area contributed by atoms with E-state index in [0.717, 1.165) is 5.56 Å². The lowest BCUT2D eigenvalue weighted by atomic mass is 10.2. The molecule has 78 valence electrons. The van der Waals surface area contributed by atoms with Crippen LogP contribution in [0.5, 0.6) is 0 Å². The van der Waals surface area contributed by atoms with Crippen molar-refractivity contribution in [2.24, 2.45) is 0 Å². The average Bonchev–Trinajstić information content (AvgIpc) is 2.49. The topological polar surface area (TPSA) is 56.7 Å². The molecule has 0 aliphatic rings. The van der Waals surface area contributed by atoms with E-state index >= 15 is 0 Å². The van der Waals surface area contributed by atoms with Crippen LogP contribution in [0.1, 0.15) is 5.56 Å². The van der Waals surface area contributed by atoms with Gasteiger partial charge in [-0.05, 0) is 23.8 Å². The number of halogens is 2. The number of nitrogens with zero attached hydrogens (tertiary/aromatic N) is 3. The average molecular weight is 271 g/mol. The Kier molecular flexibility index (Phi) is 2.68. The van der Waals surface area contributed by atoms with E-state index in [9.17, 15) is 4.39 Å². The molecule has 0 saturated heterocycles. The molecule has 0 fully saturated rings. The molecule has 0 aliphatic carbocycles. The summed E-state index contributed by atoms with van der Waals surface area (Å²) in [4.78, 5) is 3.78. The van der Waals surface area contributed by atoms with Crippen molar-refractivity contribution in [3.05, 3.63) is 40.4 Å². The number of aromatic nitrogens is 3. The van der Waals surface area contributed by atoms with E-state index in [1.807, 2.05) is 6.07 Å². The number of rotatable bonds is 2. The molecule has 0 radical (unpaired) electrons. The Morgan fingerprint density at radius 3 is 2.80 bits per heavy atom. The SMILES string of the molecule is Nc1ncn(Cc2cc(F)cc(Br)c2)n1. The van der Waals surface area contributed by atoms with Gasteiger partial charge in [-0.1, -0.05) is 15.9 Å². The van der Waals surface area contributed by atoms with E-state index in [1.165, 1.54) is 18.5 Å². The van der Waals surface area contributed by atoms with E-state index in [0.29, 0.717) is 11.0 Å². The van der Waals surface area contributed by atoms with Crippen LogP contribution in [0.4, 0.5) is 10.3 Å². The van der Waals surface area contributed by atoms with Crippen molar-refractivity contribution in [2.75, 3.05) is 5.73 Å².